The number of anilines is 1. The summed E-state index contributed by atoms with van der Waals surface area (Å²) in [5, 5.41) is 14.8. The van der Waals surface area contributed by atoms with Crippen molar-refractivity contribution < 1.29 is 23.4 Å². The zero-order valence-corrected chi connectivity index (χ0v) is 23.9. The number of halogens is 2. The summed E-state index contributed by atoms with van der Waals surface area (Å²) in [4.78, 5) is 14.0. The van der Waals surface area contributed by atoms with E-state index in [1.54, 1.807) is 18.2 Å². The topological polar surface area (TPSA) is 83.0 Å². The zero-order valence-electron chi connectivity index (χ0n) is 23.9. The first kappa shape index (κ1) is 26.4. The van der Waals surface area contributed by atoms with E-state index in [2.05, 4.69) is 27.0 Å². The van der Waals surface area contributed by atoms with E-state index >= 15 is 4.39 Å². The molecule has 2 aromatic carbocycles. The van der Waals surface area contributed by atoms with Crippen LogP contribution in [0.4, 0.5) is 14.6 Å². The van der Waals surface area contributed by atoms with Crippen LogP contribution in [0.1, 0.15) is 56.9 Å². The molecular weight excluding hydrogens is 540 g/mol. The predicted octanol–water partition coefficient (Wildman–Crippen LogP) is 4.92. The van der Waals surface area contributed by atoms with E-state index in [9.17, 15) is 9.50 Å². The Hall–Kier alpha value is -3.24. The van der Waals surface area contributed by atoms with Crippen molar-refractivity contribution >= 4 is 16.7 Å². The second kappa shape index (κ2) is 9.91. The Balaban J connectivity index is 1.23. The molecule has 0 spiro atoms. The van der Waals surface area contributed by atoms with E-state index in [0.717, 1.165) is 57.3 Å². The molecule has 4 fully saturated rings. The smallest absolute Gasteiger partial charge is 0.319 e. The number of nitrogens with one attached hydrogen (secondary N) is 1. The molecule has 8 nitrogen and oxygen atoms in total. The number of piperazine rings is 1. The Morgan fingerprint density at radius 3 is 2.79 bits per heavy atom. The lowest BCUT2D eigenvalue weighted by atomic mass is 9.89. The lowest BCUT2D eigenvalue weighted by Crippen LogP contribution is -2.51. The number of nitrogens with zero attached hydrogens (tertiary/aromatic N) is 4. The van der Waals surface area contributed by atoms with Crippen molar-refractivity contribution in [3.8, 4) is 28.6 Å². The van der Waals surface area contributed by atoms with E-state index in [0.29, 0.717) is 59.7 Å². The average molecular weight is 578 g/mol. The van der Waals surface area contributed by atoms with Gasteiger partial charge in [0.05, 0.1) is 12.1 Å². The van der Waals surface area contributed by atoms with Crippen molar-refractivity contribution in [1.82, 2.24) is 20.2 Å². The molecule has 1 unspecified atom stereocenters. The summed E-state index contributed by atoms with van der Waals surface area (Å²) in [5.41, 5.74) is 1.74. The lowest BCUT2D eigenvalue weighted by Gasteiger charge is -2.34. The fourth-order valence-corrected chi connectivity index (χ4v) is 8.23. The molecular formula is C32H37F2N5O3. The number of phenolic OH excluding ortho intramolecular Hbond substituents is 1. The molecule has 4 saturated heterocycles. The minimum Gasteiger partial charge on any atom is -0.508 e. The van der Waals surface area contributed by atoms with E-state index in [1.165, 1.54) is 0 Å². The number of hydrogen-bond donors (Lipinski definition) is 2. The molecule has 222 valence electrons. The van der Waals surface area contributed by atoms with E-state index in [-0.39, 0.29) is 35.3 Å². The van der Waals surface area contributed by atoms with Gasteiger partial charge in [0.1, 0.15) is 35.6 Å². The lowest BCUT2D eigenvalue weighted by molar-refractivity contribution is 0.107. The SMILES string of the molecule is CCC1COc2cc(O)cc(-c3ccc4c(N5C[C@H]6CC[C@@H](C5)N6)nc(OC[C@@]56CCCN5C[C@H](F)C6)nc4c3F)c21. The number of aromatic nitrogens is 2. The van der Waals surface area contributed by atoms with Gasteiger partial charge in [0, 0.05) is 66.6 Å². The number of rotatable bonds is 6. The summed E-state index contributed by atoms with van der Waals surface area (Å²) >= 11 is 0. The van der Waals surface area contributed by atoms with Gasteiger partial charge in [0.2, 0.25) is 0 Å². The van der Waals surface area contributed by atoms with Crippen LogP contribution in [0, 0.1) is 5.82 Å². The third kappa shape index (κ3) is 4.20. The summed E-state index contributed by atoms with van der Waals surface area (Å²) in [5.74, 6) is 0.945. The molecule has 2 bridgehead atoms. The van der Waals surface area contributed by atoms with Gasteiger partial charge in [-0.2, -0.15) is 9.97 Å². The number of alkyl halides is 1. The predicted molar refractivity (Wildman–Crippen MR) is 156 cm³/mol. The van der Waals surface area contributed by atoms with Crippen molar-refractivity contribution in [3.05, 3.63) is 35.6 Å². The van der Waals surface area contributed by atoms with Crippen LogP contribution in [0.25, 0.3) is 22.0 Å². The molecule has 0 amide bonds. The van der Waals surface area contributed by atoms with Gasteiger partial charge in [-0.3, -0.25) is 4.90 Å². The van der Waals surface area contributed by atoms with Gasteiger partial charge < -0.3 is 24.8 Å². The Morgan fingerprint density at radius 1 is 1.14 bits per heavy atom. The third-order valence-corrected chi connectivity index (χ3v) is 10.3. The molecule has 8 rings (SSSR count). The average Bonchev–Trinajstić information content (AvgIpc) is 3.73. The summed E-state index contributed by atoms with van der Waals surface area (Å²) < 4.78 is 43.3. The van der Waals surface area contributed by atoms with Gasteiger partial charge in [-0.15, -0.1) is 0 Å². The van der Waals surface area contributed by atoms with Gasteiger partial charge in [-0.25, -0.2) is 8.78 Å². The highest BCUT2D eigenvalue weighted by Crippen LogP contribution is 2.47. The minimum absolute atomic E-state index is 0.0341. The summed E-state index contributed by atoms with van der Waals surface area (Å²) in [7, 11) is 0. The largest absolute Gasteiger partial charge is 0.508 e. The highest BCUT2D eigenvalue weighted by Gasteiger charge is 2.49. The van der Waals surface area contributed by atoms with E-state index in [1.807, 2.05) is 6.07 Å². The molecule has 0 aliphatic carbocycles. The van der Waals surface area contributed by atoms with Crippen molar-refractivity contribution in [3.63, 3.8) is 0 Å². The number of benzene rings is 2. The van der Waals surface area contributed by atoms with E-state index < -0.39 is 12.0 Å². The number of ether oxygens (including phenoxy) is 2. The quantitative estimate of drug-likeness (QED) is 0.427. The van der Waals surface area contributed by atoms with Crippen LogP contribution in [0.15, 0.2) is 24.3 Å². The number of fused-ring (bicyclic) bond motifs is 5. The van der Waals surface area contributed by atoms with Gasteiger partial charge in [0.15, 0.2) is 5.82 Å². The Kier molecular flexibility index (Phi) is 6.23. The summed E-state index contributed by atoms with van der Waals surface area (Å²) in [6.45, 7) is 5.73. The summed E-state index contributed by atoms with van der Waals surface area (Å²) in [6.07, 6.45) is 4.52. The van der Waals surface area contributed by atoms with Crippen LogP contribution in [-0.2, 0) is 0 Å². The highest BCUT2D eigenvalue weighted by molar-refractivity contribution is 5.94. The Morgan fingerprint density at radius 2 is 1.98 bits per heavy atom. The fourth-order valence-electron chi connectivity index (χ4n) is 8.23. The monoisotopic (exact) mass is 577 g/mol. The first-order valence-electron chi connectivity index (χ1n) is 15.4. The van der Waals surface area contributed by atoms with Gasteiger partial charge in [-0.05, 0) is 56.3 Å². The zero-order chi connectivity index (χ0) is 28.6. The second-order valence-electron chi connectivity index (χ2n) is 12.9. The number of aromatic hydroxyl groups is 1. The maximum Gasteiger partial charge on any atom is 0.319 e. The third-order valence-electron chi connectivity index (χ3n) is 10.3. The molecule has 3 aromatic rings. The Labute approximate surface area is 244 Å². The standard InChI is InChI=1S/C32H37F2N5O3/c1-2-18-16-41-26-11-22(40)10-25(27(18)26)23-6-7-24-29(28(23)34)36-31(37-30(24)38-14-20-4-5-21(15-38)35-20)42-17-32-8-3-9-39(32)13-19(33)12-32/h6-7,10-11,18-21,35,40H,2-5,8-9,12-17H2,1H3/t18?,19-,20-,21+,32+/m1/s1. The molecule has 1 aromatic heterocycles. The van der Waals surface area contributed by atoms with Gasteiger partial charge in [0.25, 0.3) is 0 Å². The fraction of sp³-hybridized carbons (Fsp3) is 0.562. The maximum atomic E-state index is 16.7. The molecule has 5 aliphatic heterocycles. The first-order valence-corrected chi connectivity index (χ1v) is 15.4. The molecule has 5 atom stereocenters. The maximum absolute atomic E-state index is 16.7. The molecule has 0 radical (unpaired) electrons. The van der Waals surface area contributed by atoms with Crippen molar-refractivity contribution in [2.24, 2.45) is 0 Å². The van der Waals surface area contributed by atoms with Crippen molar-refractivity contribution in [2.45, 2.75) is 75.2 Å². The highest BCUT2D eigenvalue weighted by atomic mass is 19.1. The van der Waals surface area contributed by atoms with E-state index in [4.69, 9.17) is 14.5 Å². The van der Waals surface area contributed by atoms with Crippen molar-refractivity contribution in [2.75, 3.05) is 44.3 Å². The molecule has 2 N–H and O–H groups in total. The van der Waals surface area contributed by atoms with Crippen molar-refractivity contribution in [1.29, 1.82) is 0 Å². The first-order chi connectivity index (χ1) is 20.4. The number of hydrogen-bond acceptors (Lipinski definition) is 8. The van der Waals surface area contributed by atoms with Gasteiger partial charge >= 0.3 is 6.01 Å². The number of phenols is 1. The van der Waals surface area contributed by atoms with Crippen LogP contribution < -0.4 is 19.7 Å². The Bertz CT molecular complexity index is 1540. The van der Waals surface area contributed by atoms with Crippen LogP contribution in [-0.4, -0.2) is 83.2 Å². The molecule has 5 aliphatic rings. The van der Waals surface area contributed by atoms with Crippen LogP contribution in [0.2, 0.25) is 0 Å². The normalized spacial score (nSPS) is 30.1. The van der Waals surface area contributed by atoms with Crippen LogP contribution in [0.3, 0.4) is 0 Å². The minimum atomic E-state index is -0.863. The summed E-state index contributed by atoms with van der Waals surface area (Å²) in [6, 6.07) is 7.76. The van der Waals surface area contributed by atoms with Crippen LogP contribution >= 0.6 is 0 Å². The second-order valence-corrected chi connectivity index (χ2v) is 12.9. The molecule has 10 heteroatoms. The molecule has 0 saturated carbocycles. The van der Waals surface area contributed by atoms with Gasteiger partial charge in [-0.1, -0.05) is 13.0 Å². The van der Waals surface area contributed by atoms with Crippen LogP contribution in [0.5, 0.6) is 17.5 Å². The molecule has 6 heterocycles. The molecule has 42 heavy (non-hydrogen) atoms.